The molecule has 3 aromatic carbocycles. The molecule has 0 aliphatic heterocycles. The van der Waals surface area contributed by atoms with Crippen LogP contribution in [0.1, 0.15) is 20.7 Å². The number of nitrogens with one attached hydrogen (secondary N) is 2. The average molecular weight is 381 g/mol. The Morgan fingerprint density at radius 3 is 2.22 bits per heavy atom. The summed E-state index contributed by atoms with van der Waals surface area (Å²) in [6.07, 6.45) is 0. The van der Waals surface area contributed by atoms with Gasteiger partial charge in [-0.1, -0.05) is 41.9 Å². The highest BCUT2D eigenvalue weighted by atomic mass is 35.5. The van der Waals surface area contributed by atoms with Crippen molar-refractivity contribution < 1.29 is 14.3 Å². The number of rotatable bonds is 5. The molecule has 0 aromatic heterocycles. The van der Waals surface area contributed by atoms with Crippen LogP contribution in [0.3, 0.4) is 0 Å². The maximum Gasteiger partial charge on any atom is 0.257 e. The minimum atomic E-state index is -0.360. The third-order valence-electron chi connectivity index (χ3n) is 3.86. The standard InChI is InChI=1S/C21H17ClN2O3/c1-27-19-12-5-4-11-18(19)24-21(26)16-9-2-3-10-17(16)23-20(25)14-7-6-8-15(22)13-14/h2-13H,1H3,(H,23,25)(H,24,26). The van der Waals surface area contributed by atoms with Gasteiger partial charge in [-0.2, -0.15) is 0 Å². The fourth-order valence-electron chi connectivity index (χ4n) is 2.55. The van der Waals surface area contributed by atoms with Gasteiger partial charge in [0.05, 0.1) is 24.0 Å². The van der Waals surface area contributed by atoms with E-state index in [-0.39, 0.29) is 11.8 Å². The molecule has 0 atom stereocenters. The number of halogens is 1. The van der Waals surface area contributed by atoms with E-state index in [1.165, 1.54) is 7.11 Å². The Kier molecular flexibility index (Phi) is 5.74. The lowest BCUT2D eigenvalue weighted by Gasteiger charge is -2.13. The lowest BCUT2D eigenvalue weighted by molar-refractivity contribution is 0.102. The van der Waals surface area contributed by atoms with Gasteiger partial charge < -0.3 is 15.4 Å². The first-order valence-corrected chi connectivity index (χ1v) is 8.56. The van der Waals surface area contributed by atoms with Gasteiger partial charge in [-0.05, 0) is 42.5 Å². The van der Waals surface area contributed by atoms with Crippen LogP contribution in [-0.4, -0.2) is 18.9 Å². The number of para-hydroxylation sites is 3. The molecule has 0 radical (unpaired) electrons. The molecule has 0 aliphatic rings. The average Bonchev–Trinajstić information content (AvgIpc) is 2.68. The molecular formula is C21H17ClN2O3. The van der Waals surface area contributed by atoms with Crippen molar-refractivity contribution in [1.82, 2.24) is 0 Å². The Bertz CT molecular complexity index is 988. The molecule has 0 heterocycles. The van der Waals surface area contributed by atoms with Crippen molar-refractivity contribution in [2.24, 2.45) is 0 Å². The molecular weight excluding hydrogens is 364 g/mol. The zero-order chi connectivity index (χ0) is 19.2. The van der Waals surface area contributed by atoms with E-state index >= 15 is 0 Å². The molecule has 3 aromatic rings. The van der Waals surface area contributed by atoms with Crippen molar-refractivity contribution in [3.8, 4) is 5.75 Å². The molecule has 3 rings (SSSR count). The van der Waals surface area contributed by atoms with Crippen LogP contribution < -0.4 is 15.4 Å². The van der Waals surface area contributed by atoms with E-state index in [9.17, 15) is 9.59 Å². The van der Waals surface area contributed by atoms with E-state index in [0.29, 0.717) is 33.3 Å². The SMILES string of the molecule is COc1ccccc1NC(=O)c1ccccc1NC(=O)c1cccc(Cl)c1. The molecule has 0 aliphatic carbocycles. The summed E-state index contributed by atoms with van der Waals surface area (Å²) >= 11 is 5.94. The van der Waals surface area contributed by atoms with Crippen molar-refractivity contribution in [2.75, 3.05) is 17.7 Å². The Hall–Kier alpha value is -3.31. The normalized spacial score (nSPS) is 10.1. The highest BCUT2D eigenvalue weighted by Gasteiger charge is 2.15. The lowest BCUT2D eigenvalue weighted by Crippen LogP contribution is -2.18. The molecule has 136 valence electrons. The minimum absolute atomic E-state index is 0.332. The van der Waals surface area contributed by atoms with Crippen molar-refractivity contribution in [1.29, 1.82) is 0 Å². The number of anilines is 2. The summed E-state index contributed by atoms with van der Waals surface area (Å²) in [5, 5.41) is 6.03. The van der Waals surface area contributed by atoms with Crippen LogP contribution in [0.4, 0.5) is 11.4 Å². The van der Waals surface area contributed by atoms with Crippen molar-refractivity contribution in [2.45, 2.75) is 0 Å². The molecule has 27 heavy (non-hydrogen) atoms. The van der Waals surface area contributed by atoms with E-state index in [1.54, 1.807) is 66.7 Å². The second kappa shape index (κ2) is 8.38. The second-order valence-corrected chi connectivity index (χ2v) is 6.10. The predicted octanol–water partition coefficient (Wildman–Crippen LogP) is 4.85. The maximum absolute atomic E-state index is 12.7. The van der Waals surface area contributed by atoms with Gasteiger partial charge in [0.1, 0.15) is 5.75 Å². The molecule has 2 N–H and O–H groups in total. The Morgan fingerprint density at radius 1 is 0.815 bits per heavy atom. The molecule has 0 bridgehead atoms. The van der Waals surface area contributed by atoms with Crippen LogP contribution in [0, 0.1) is 0 Å². The molecule has 0 saturated carbocycles. The smallest absolute Gasteiger partial charge is 0.257 e. The van der Waals surface area contributed by atoms with Crippen LogP contribution in [0.15, 0.2) is 72.8 Å². The molecule has 6 heteroatoms. The number of hydrogen-bond donors (Lipinski definition) is 2. The number of benzene rings is 3. The Balaban J connectivity index is 1.83. The zero-order valence-corrected chi connectivity index (χ0v) is 15.3. The third-order valence-corrected chi connectivity index (χ3v) is 4.10. The van der Waals surface area contributed by atoms with Crippen molar-refractivity contribution >= 4 is 34.8 Å². The van der Waals surface area contributed by atoms with Crippen LogP contribution in [-0.2, 0) is 0 Å². The zero-order valence-electron chi connectivity index (χ0n) is 14.5. The number of ether oxygens (including phenoxy) is 1. The number of amides is 2. The molecule has 0 unspecified atom stereocenters. The van der Waals surface area contributed by atoms with E-state index < -0.39 is 0 Å². The summed E-state index contributed by atoms with van der Waals surface area (Å²) in [7, 11) is 1.53. The van der Waals surface area contributed by atoms with Gasteiger partial charge in [-0.25, -0.2) is 0 Å². The van der Waals surface area contributed by atoms with Gasteiger partial charge in [-0.15, -0.1) is 0 Å². The van der Waals surface area contributed by atoms with Crippen molar-refractivity contribution in [3.63, 3.8) is 0 Å². The van der Waals surface area contributed by atoms with Gasteiger partial charge in [-0.3, -0.25) is 9.59 Å². The number of hydrogen-bond acceptors (Lipinski definition) is 3. The summed E-state index contributed by atoms with van der Waals surface area (Å²) in [6, 6.07) is 20.5. The van der Waals surface area contributed by atoms with E-state index in [1.807, 2.05) is 6.07 Å². The summed E-state index contributed by atoms with van der Waals surface area (Å²) in [6.45, 7) is 0. The molecule has 2 amide bonds. The number of carbonyl (C=O) groups is 2. The number of carbonyl (C=O) groups excluding carboxylic acids is 2. The summed E-state index contributed by atoms with van der Waals surface area (Å²) in [5.74, 6) is -0.164. The topological polar surface area (TPSA) is 67.4 Å². The lowest BCUT2D eigenvalue weighted by atomic mass is 10.1. The summed E-state index contributed by atoms with van der Waals surface area (Å²) in [5.41, 5.74) is 1.68. The van der Waals surface area contributed by atoms with Gasteiger partial charge in [0.2, 0.25) is 0 Å². The predicted molar refractivity (Wildman–Crippen MR) is 107 cm³/mol. The Morgan fingerprint density at radius 2 is 1.48 bits per heavy atom. The largest absolute Gasteiger partial charge is 0.495 e. The van der Waals surface area contributed by atoms with Crippen LogP contribution >= 0.6 is 11.6 Å². The van der Waals surface area contributed by atoms with Gasteiger partial charge >= 0.3 is 0 Å². The summed E-state index contributed by atoms with van der Waals surface area (Å²) in [4.78, 5) is 25.2. The fourth-order valence-corrected chi connectivity index (χ4v) is 2.74. The minimum Gasteiger partial charge on any atom is -0.495 e. The molecule has 0 saturated heterocycles. The Labute approximate surface area is 161 Å². The second-order valence-electron chi connectivity index (χ2n) is 5.66. The monoisotopic (exact) mass is 380 g/mol. The van der Waals surface area contributed by atoms with Crippen LogP contribution in [0.5, 0.6) is 5.75 Å². The van der Waals surface area contributed by atoms with E-state index in [2.05, 4.69) is 10.6 Å². The third kappa shape index (κ3) is 4.46. The van der Waals surface area contributed by atoms with Crippen LogP contribution in [0.25, 0.3) is 0 Å². The molecule has 0 fully saturated rings. The molecule has 0 spiro atoms. The number of methoxy groups -OCH3 is 1. The first kappa shape index (κ1) is 18.5. The van der Waals surface area contributed by atoms with E-state index in [4.69, 9.17) is 16.3 Å². The van der Waals surface area contributed by atoms with E-state index in [0.717, 1.165) is 0 Å². The quantitative estimate of drug-likeness (QED) is 0.664. The molecule has 5 nitrogen and oxygen atoms in total. The first-order chi connectivity index (χ1) is 13.1. The van der Waals surface area contributed by atoms with Gasteiger partial charge in [0.15, 0.2) is 0 Å². The highest BCUT2D eigenvalue weighted by molar-refractivity contribution is 6.31. The fraction of sp³-hybridized carbons (Fsp3) is 0.0476. The summed E-state index contributed by atoms with van der Waals surface area (Å²) < 4.78 is 5.25. The van der Waals surface area contributed by atoms with Gasteiger partial charge in [0, 0.05) is 10.6 Å². The van der Waals surface area contributed by atoms with Crippen molar-refractivity contribution in [3.05, 3.63) is 88.9 Å². The highest BCUT2D eigenvalue weighted by Crippen LogP contribution is 2.25. The van der Waals surface area contributed by atoms with Gasteiger partial charge in [0.25, 0.3) is 11.8 Å². The first-order valence-electron chi connectivity index (χ1n) is 8.19. The maximum atomic E-state index is 12.7. The van der Waals surface area contributed by atoms with Crippen LogP contribution in [0.2, 0.25) is 5.02 Å².